The largest absolute Gasteiger partial charge is 0.493 e. The van der Waals surface area contributed by atoms with Gasteiger partial charge in [-0.25, -0.2) is 0 Å². The SMILES string of the molecule is CCC(CC)CNC(=O)COc1ccccc1OC. The highest BCUT2D eigenvalue weighted by molar-refractivity contribution is 5.77. The molecule has 1 aromatic carbocycles. The minimum absolute atomic E-state index is 0.0144. The van der Waals surface area contributed by atoms with Gasteiger partial charge < -0.3 is 14.8 Å². The third-order valence-corrected chi connectivity index (χ3v) is 3.17. The molecule has 0 unspecified atom stereocenters. The van der Waals surface area contributed by atoms with Gasteiger partial charge in [0, 0.05) is 6.54 Å². The molecule has 1 aromatic rings. The Morgan fingerprint density at radius 3 is 2.42 bits per heavy atom. The fourth-order valence-electron chi connectivity index (χ4n) is 1.77. The molecule has 0 heterocycles. The number of amides is 1. The number of hydrogen-bond donors (Lipinski definition) is 1. The van der Waals surface area contributed by atoms with E-state index in [1.54, 1.807) is 19.2 Å². The topological polar surface area (TPSA) is 47.6 Å². The van der Waals surface area contributed by atoms with Crippen LogP contribution in [0.25, 0.3) is 0 Å². The van der Waals surface area contributed by atoms with Gasteiger partial charge in [-0.1, -0.05) is 38.8 Å². The normalized spacial score (nSPS) is 10.3. The number of carbonyl (C=O) groups is 1. The first-order chi connectivity index (χ1) is 9.21. The summed E-state index contributed by atoms with van der Waals surface area (Å²) >= 11 is 0. The summed E-state index contributed by atoms with van der Waals surface area (Å²) in [6.45, 7) is 4.99. The predicted octanol–water partition coefficient (Wildman–Crippen LogP) is 2.63. The van der Waals surface area contributed by atoms with Crippen molar-refractivity contribution in [2.75, 3.05) is 20.3 Å². The number of para-hydroxylation sites is 2. The Kier molecular flexibility index (Phi) is 6.79. The minimum Gasteiger partial charge on any atom is -0.493 e. The average molecular weight is 265 g/mol. The lowest BCUT2D eigenvalue weighted by Crippen LogP contribution is -2.32. The van der Waals surface area contributed by atoms with Crippen LogP contribution in [0.4, 0.5) is 0 Å². The summed E-state index contributed by atoms with van der Waals surface area (Å²) in [5, 5.41) is 2.89. The van der Waals surface area contributed by atoms with E-state index in [-0.39, 0.29) is 12.5 Å². The van der Waals surface area contributed by atoms with Gasteiger partial charge in [0.05, 0.1) is 7.11 Å². The number of ether oxygens (including phenoxy) is 2. The van der Waals surface area contributed by atoms with Gasteiger partial charge in [-0.3, -0.25) is 4.79 Å². The van der Waals surface area contributed by atoms with Crippen molar-refractivity contribution < 1.29 is 14.3 Å². The van der Waals surface area contributed by atoms with Crippen molar-refractivity contribution in [3.8, 4) is 11.5 Å². The molecule has 0 fully saturated rings. The summed E-state index contributed by atoms with van der Waals surface area (Å²) in [6.07, 6.45) is 2.15. The van der Waals surface area contributed by atoms with E-state index in [0.717, 1.165) is 12.8 Å². The summed E-state index contributed by atoms with van der Waals surface area (Å²) in [5.74, 6) is 1.66. The molecular weight excluding hydrogens is 242 g/mol. The van der Waals surface area contributed by atoms with E-state index in [4.69, 9.17) is 9.47 Å². The Morgan fingerprint density at radius 1 is 1.21 bits per heavy atom. The fraction of sp³-hybridized carbons (Fsp3) is 0.533. The Hall–Kier alpha value is -1.71. The van der Waals surface area contributed by atoms with E-state index < -0.39 is 0 Å². The van der Waals surface area contributed by atoms with Crippen LogP contribution in [0.5, 0.6) is 11.5 Å². The molecule has 0 saturated carbocycles. The molecule has 0 atom stereocenters. The van der Waals surface area contributed by atoms with Crippen LogP contribution in [0.2, 0.25) is 0 Å². The molecule has 1 rings (SSSR count). The summed E-state index contributed by atoms with van der Waals surface area (Å²) in [4.78, 5) is 11.7. The van der Waals surface area contributed by atoms with Gasteiger partial charge >= 0.3 is 0 Å². The van der Waals surface area contributed by atoms with Crippen molar-refractivity contribution in [2.24, 2.45) is 5.92 Å². The molecule has 0 spiro atoms. The third-order valence-electron chi connectivity index (χ3n) is 3.17. The minimum atomic E-state index is -0.0993. The van der Waals surface area contributed by atoms with E-state index in [2.05, 4.69) is 19.2 Å². The highest BCUT2D eigenvalue weighted by Gasteiger charge is 2.08. The molecule has 0 aliphatic rings. The van der Waals surface area contributed by atoms with Crippen LogP contribution in [0.15, 0.2) is 24.3 Å². The standard InChI is InChI=1S/C15H23NO3/c1-4-12(5-2)10-16-15(17)11-19-14-9-7-6-8-13(14)18-3/h6-9,12H,4-5,10-11H2,1-3H3,(H,16,17). The van der Waals surface area contributed by atoms with Crippen molar-refractivity contribution >= 4 is 5.91 Å². The number of benzene rings is 1. The van der Waals surface area contributed by atoms with E-state index >= 15 is 0 Å². The van der Waals surface area contributed by atoms with Crippen molar-refractivity contribution in [3.05, 3.63) is 24.3 Å². The molecule has 4 nitrogen and oxygen atoms in total. The second kappa shape index (κ2) is 8.40. The Labute approximate surface area is 115 Å². The maximum Gasteiger partial charge on any atom is 0.257 e. The summed E-state index contributed by atoms with van der Waals surface area (Å²) in [5.41, 5.74) is 0. The lowest BCUT2D eigenvalue weighted by Gasteiger charge is -2.14. The van der Waals surface area contributed by atoms with Gasteiger partial charge in [-0.15, -0.1) is 0 Å². The first kappa shape index (κ1) is 15.3. The van der Waals surface area contributed by atoms with E-state index in [1.165, 1.54) is 0 Å². The fourth-order valence-corrected chi connectivity index (χ4v) is 1.77. The van der Waals surface area contributed by atoms with Crippen LogP contribution in [0.3, 0.4) is 0 Å². The van der Waals surface area contributed by atoms with Crippen LogP contribution in [0, 0.1) is 5.92 Å². The molecule has 0 aromatic heterocycles. The molecule has 106 valence electrons. The van der Waals surface area contributed by atoms with Crippen molar-refractivity contribution in [1.29, 1.82) is 0 Å². The number of methoxy groups -OCH3 is 1. The molecule has 1 amide bonds. The first-order valence-corrected chi connectivity index (χ1v) is 6.73. The number of rotatable bonds is 8. The van der Waals surface area contributed by atoms with Crippen molar-refractivity contribution in [3.63, 3.8) is 0 Å². The highest BCUT2D eigenvalue weighted by atomic mass is 16.5. The Balaban J connectivity index is 2.37. The molecule has 0 aliphatic carbocycles. The molecule has 19 heavy (non-hydrogen) atoms. The van der Waals surface area contributed by atoms with Crippen LogP contribution >= 0.6 is 0 Å². The van der Waals surface area contributed by atoms with Crippen LogP contribution in [-0.2, 0) is 4.79 Å². The highest BCUT2D eigenvalue weighted by Crippen LogP contribution is 2.25. The molecule has 1 N–H and O–H groups in total. The van der Waals surface area contributed by atoms with Gasteiger partial charge in [-0.05, 0) is 18.1 Å². The van der Waals surface area contributed by atoms with Crippen LogP contribution in [-0.4, -0.2) is 26.2 Å². The summed E-state index contributed by atoms with van der Waals surface area (Å²) in [6, 6.07) is 7.29. The van der Waals surface area contributed by atoms with Gasteiger partial charge in [0.15, 0.2) is 18.1 Å². The zero-order valence-corrected chi connectivity index (χ0v) is 11.9. The second-order valence-corrected chi connectivity index (χ2v) is 4.43. The zero-order valence-electron chi connectivity index (χ0n) is 11.9. The molecule has 0 radical (unpaired) electrons. The monoisotopic (exact) mass is 265 g/mol. The maximum atomic E-state index is 11.7. The summed E-state index contributed by atoms with van der Waals surface area (Å²) < 4.78 is 10.6. The molecule has 0 bridgehead atoms. The molecular formula is C15H23NO3. The van der Waals surface area contributed by atoms with Gasteiger partial charge in [0.25, 0.3) is 5.91 Å². The third kappa shape index (κ3) is 5.20. The predicted molar refractivity (Wildman–Crippen MR) is 75.6 cm³/mol. The van der Waals surface area contributed by atoms with Gasteiger partial charge in [-0.2, -0.15) is 0 Å². The summed E-state index contributed by atoms with van der Waals surface area (Å²) in [7, 11) is 1.58. The van der Waals surface area contributed by atoms with Gasteiger partial charge in [0.2, 0.25) is 0 Å². The lowest BCUT2D eigenvalue weighted by molar-refractivity contribution is -0.123. The number of carbonyl (C=O) groups excluding carboxylic acids is 1. The van der Waals surface area contributed by atoms with E-state index in [1.807, 2.05) is 12.1 Å². The Morgan fingerprint density at radius 2 is 1.84 bits per heavy atom. The second-order valence-electron chi connectivity index (χ2n) is 4.43. The van der Waals surface area contributed by atoms with Crippen LogP contribution in [0.1, 0.15) is 26.7 Å². The first-order valence-electron chi connectivity index (χ1n) is 6.73. The zero-order chi connectivity index (χ0) is 14.1. The average Bonchev–Trinajstić information content (AvgIpc) is 2.46. The van der Waals surface area contributed by atoms with Crippen LogP contribution < -0.4 is 14.8 Å². The maximum absolute atomic E-state index is 11.7. The Bertz CT molecular complexity index is 389. The lowest BCUT2D eigenvalue weighted by atomic mass is 10.0. The molecule has 0 saturated heterocycles. The molecule has 0 aliphatic heterocycles. The van der Waals surface area contributed by atoms with Gasteiger partial charge in [0.1, 0.15) is 0 Å². The van der Waals surface area contributed by atoms with E-state index in [9.17, 15) is 4.79 Å². The number of nitrogens with one attached hydrogen (secondary N) is 1. The van der Waals surface area contributed by atoms with Crippen molar-refractivity contribution in [2.45, 2.75) is 26.7 Å². The smallest absolute Gasteiger partial charge is 0.257 e. The molecule has 4 heteroatoms. The van der Waals surface area contributed by atoms with E-state index in [0.29, 0.717) is 24.0 Å². The number of hydrogen-bond acceptors (Lipinski definition) is 3. The quantitative estimate of drug-likeness (QED) is 0.786. The van der Waals surface area contributed by atoms with Crippen molar-refractivity contribution in [1.82, 2.24) is 5.32 Å².